The number of carbonyl (C=O) groups is 1. The van der Waals surface area contributed by atoms with Gasteiger partial charge in [-0.2, -0.15) is 0 Å². The fraction of sp³-hybridized carbons (Fsp3) is 0.438. The molecule has 1 N–H and O–H groups in total. The molecule has 0 atom stereocenters. The van der Waals surface area contributed by atoms with Crippen LogP contribution < -0.4 is 4.90 Å². The average molecular weight is 275 g/mol. The van der Waals surface area contributed by atoms with Gasteiger partial charge in [0.2, 0.25) is 0 Å². The van der Waals surface area contributed by atoms with Crippen molar-refractivity contribution in [1.82, 2.24) is 0 Å². The van der Waals surface area contributed by atoms with Gasteiger partial charge in [0.05, 0.1) is 13.0 Å². The van der Waals surface area contributed by atoms with Crippen molar-refractivity contribution >= 4 is 11.7 Å². The van der Waals surface area contributed by atoms with Crippen LogP contribution in [0.25, 0.3) is 0 Å². The van der Waals surface area contributed by atoms with E-state index in [1.807, 2.05) is 19.1 Å². The number of phenols is 1. The van der Waals surface area contributed by atoms with Crippen LogP contribution in [0.1, 0.15) is 26.2 Å². The number of phenolic OH excluding ortho intramolecular Hbond substituents is 1. The molecular weight excluding hydrogens is 254 g/mol. The van der Waals surface area contributed by atoms with Gasteiger partial charge in [0.1, 0.15) is 5.75 Å². The minimum atomic E-state index is -0.180. The lowest BCUT2D eigenvalue weighted by Gasteiger charge is -2.28. The van der Waals surface area contributed by atoms with E-state index in [0.29, 0.717) is 19.6 Å². The Morgan fingerprint density at radius 3 is 2.85 bits per heavy atom. The van der Waals surface area contributed by atoms with E-state index in [0.717, 1.165) is 25.1 Å². The van der Waals surface area contributed by atoms with Crippen molar-refractivity contribution in [2.24, 2.45) is 0 Å². The molecule has 108 valence electrons. The fourth-order valence-corrected chi connectivity index (χ4v) is 2.19. The lowest BCUT2D eigenvalue weighted by molar-refractivity contribution is -0.142. The summed E-state index contributed by atoms with van der Waals surface area (Å²) < 4.78 is 4.97. The summed E-state index contributed by atoms with van der Waals surface area (Å²) in [6, 6.07) is 7.14. The van der Waals surface area contributed by atoms with Crippen molar-refractivity contribution in [3.05, 3.63) is 35.9 Å². The molecule has 0 radical (unpaired) electrons. The highest BCUT2D eigenvalue weighted by molar-refractivity contribution is 5.70. The minimum absolute atomic E-state index is 0.180. The molecule has 1 aromatic rings. The van der Waals surface area contributed by atoms with Gasteiger partial charge in [-0.25, -0.2) is 0 Å². The molecule has 0 aromatic heterocycles. The second-order valence-electron chi connectivity index (χ2n) is 4.90. The summed E-state index contributed by atoms with van der Waals surface area (Å²) in [5.41, 5.74) is 2.32. The number of hydrogen-bond donors (Lipinski definition) is 1. The van der Waals surface area contributed by atoms with Crippen LogP contribution in [0, 0.1) is 0 Å². The Kier molecular flexibility index (Phi) is 5.04. The maximum absolute atomic E-state index is 11.5. The zero-order valence-corrected chi connectivity index (χ0v) is 11.8. The third-order valence-corrected chi connectivity index (χ3v) is 3.38. The number of rotatable bonds is 7. The molecule has 0 unspecified atom stereocenters. The first-order valence-electron chi connectivity index (χ1n) is 7.06. The maximum atomic E-state index is 11.5. The molecule has 4 nitrogen and oxygen atoms in total. The number of esters is 1. The molecule has 20 heavy (non-hydrogen) atoms. The second-order valence-corrected chi connectivity index (χ2v) is 4.90. The molecule has 0 heterocycles. The molecule has 0 amide bonds. The molecule has 0 saturated carbocycles. The first kappa shape index (κ1) is 14.4. The van der Waals surface area contributed by atoms with Crippen LogP contribution in [0.5, 0.6) is 5.75 Å². The lowest BCUT2D eigenvalue weighted by Crippen LogP contribution is -2.29. The van der Waals surface area contributed by atoms with Gasteiger partial charge in [-0.3, -0.25) is 4.79 Å². The van der Waals surface area contributed by atoms with Crippen molar-refractivity contribution in [3.63, 3.8) is 0 Å². The molecule has 0 bridgehead atoms. The molecule has 0 spiro atoms. The quantitative estimate of drug-likeness (QED) is 0.614. The van der Waals surface area contributed by atoms with Gasteiger partial charge >= 0.3 is 5.97 Å². The summed E-state index contributed by atoms with van der Waals surface area (Å²) in [5.74, 6) is 0.0615. The molecule has 1 aromatic carbocycles. The Morgan fingerprint density at radius 2 is 2.25 bits per heavy atom. The molecular formula is C16H21NO3. The third-order valence-electron chi connectivity index (χ3n) is 3.38. The number of carbonyl (C=O) groups excluding carboxylic acids is 1. The van der Waals surface area contributed by atoms with E-state index in [1.54, 1.807) is 12.1 Å². The molecule has 0 aliphatic heterocycles. The number of nitrogens with zero attached hydrogens (tertiary/aromatic N) is 1. The van der Waals surface area contributed by atoms with Crippen LogP contribution in [0.3, 0.4) is 0 Å². The van der Waals surface area contributed by atoms with Crippen molar-refractivity contribution in [1.29, 1.82) is 0 Å². The van der Waals surface area contributed by atoms with Crippen LogP contribution in [-0.2, 0) is 9.53 Å². The Hall–Kier alpha value is -1.97. The van der Waals surface area contributed by atoms with Gasteiger partial charge in [0.15, 0.2) is 0 Å². The lowest BCUT2D eigenvalue weighted by atomic mass is 9.98. The Balaban J connectivity index is 2.02. The highest BCUT2D eigenvalue weighted by Gasteiger charge is 2.14. The summed E-state index contributed by atoms with van der Waals surface area (Å²) in [4.78, 5) is 13.6. The van der Waals surface area contributed by atoms with Crippen LogP contribution >= 0.6 is 0 Å². The van der Waals surface area contributed by atoms with Crippen LogP contribution in [-0.4, -0.2) is 30.8 Å². The zero-order valence-electron chi connectivity index (χ0n) is 11.8. The van der Waals surface area contributed by atoms with Gasteiger partial charge in [-0.15, -0.1) is 0 Å². The number of allylic oxidation sites excluding steroid dienone is 1. The van der Waals surface area contributed by atoms with E-state index in [-0.39, 0.29) is 11.7 Å². The van der Waals surface area contributed by atoms with Crippen LogP contribution in [0.2, 0.25) is 0 Å². The number of hydrogen-bond acceptors (Lipinski definition) is 4. The summed E-state index contributed by atoms with van der Waals surface area (Å²) in [6.45, 7) is 3.63. The topological polar surface area (TPSA) is 49.8 Å². The first-order valence-corrected chi connectivity index (χ1v) is 7.06. The summed E-state index contributed by atoms with van der Waals surface area (Å²) in [6.07, 6.45) is 4.84. The standard InChI is InChI=1S/C16H21NO3/c1-2-20-16(19)9-10-17(12-13-5-3-6-13)14-7-4-8-15(18)11-14/h4-5,7-8,11,18H,2-3,6,9-10,12H2,1H3. The van der Waals surface area contributed by atoms with Gasteiger partial charge in [0.25, 0.3) is 0 Å². The fourth-order valence-electron chi connectivity index (χ4n) is 2.19. The summed E-state index contributed by atoms with van der Waals surface area (Å²) in [5, 5.41) is 9.60. The van der Waals surface area contributed by atoms with E-state index in [9.17, 15) is 9.90 Å². The normalized spacial score (nSPS) is 13.3. The van der Waals surface area contributed by atoms with E-state index in [4.69, 9.17) is 4.74 Å². The Morgan fingerprint density at radius 1 is 1.45 bits per heavy atom. The molecule has 2 rings (SSSR count). The zero-order chi connectivity index (χ0) is 14.4. The van der Waals surface area contributed by atoms with Crippen molar-refractivity contribution in [2.45, 2.75) is 26.2 Å². The predicted octanol–water partition coefficient (Wildman–Crippen LogP) is 2.87. The highest BCUT2D eigenvalue weighted by atomic mass is 16.5. The Bertz CT molecular complexity index is 496. The molecule has 0 saturated heterocycles. The summed E-state index contributed by atoms with van der Waals surface area (Å²) >= 11 is 0. The smallest absolute Gasteiger partial charge is 0.307 e. The van der Waals surface area contributed by atoms with E-state index in [1.165, 1.54) is 5.57 Å². The minimum Gasteiger partial charge on any atom is -0.508 e. The number of anilines is 1. The van der Waals surface area contributed by atoms with Gasteiger partial charge in [-0.1, -0.05) is 17.7 Å². The van der Waals surface area contributed by atoms with Crippen molar-refractivity contribution in [2.75, 3.05) is 24.6 Å². The van der Waals surface area contributed by atoms with E-state index < -0.39 is 0 Å². The van der Waals surface area contributed by atoms with Crippen molar-refractivity contribution in [3.8, 4) is 5.75 Å². The maximum Gasteiger partial charge on any atom is 0.307 e. The van der Waals surface area contributed by atoms with E-state index in [2.05, 4.69) is 11.0 Å². The number of ether oxygens (including phenoxy) is 1. The molecule has 1 aliphatic rings. The molecule has 0 fully saturated rings. The highest BCUT2D eigenvalue weighted by Crippen LogP contribution is 2.25. The van der Waals surface area contributed by atoms with Crippen molar-refractivity contribution < 1.29 is 14.6 Å². The largest absolute Gasteiger partial charge is 0.508 e. The number of aromatic hydroxyl groups is 1. The summed E-state index contributed by atoms with van der Waals surface area (Å²) in [7, 11) is 0. The SMILES string of the molecule is CCOC(=O)CCN(CC1=CCC1)c1cccc(O)c1. The van der Waals surface area contributed by atoms with Gasteiger partial charge in [0, 0.05) is 24.8 Å². The van der Waals surface area contributed by atoms with Gasteiger partial charge < -0.3 is 14.7 Å². The second kappa shape index (κ2) is 6.98. The van der Waals surface area contributed by atoms with Crippen LogP contribution in [0.4, 0.5) is 5.69 Å². The average Bonchev–Trinajstić information content (AvgIpc) is 2.37. The first-order chi connectivity index (χ1) is 9.69. The van der Waals surface area contributed by atoms with Crippen LogP contribution in [0.15, 0.2) is 35.9 Å². The van der Waals surface area contributed by atoms with Gasteiger partial charge in [-0.05, 0) is 31.9 Å². The number of benzene rings is 1. The third kappa shape index (κ3) is 4.02. The molecule has 1 aliphatic carbocycles. The molecule has 4 heteroatoms. The Labute approximate surface area is 119 Å². The monoisotopic (exact) mass is 275 g/mol. The van der Waals surface area contributed by atoms with E-state index >= 15 is 0 Å². The predicted molar refractivity (Wildman–Crippen MR) is 78.9 cm³/mol.